The zero-order chi connectivity index (χ0) is 16.7. The number of hydrogen-bond acceptors (Lipinski definition) is 4. The van der Waals surface area contributed by atoms with Gasteiger partial charge in [0.05, 0.1) is 12.4 Å². The normalized spacial score (nSPS) is 14.3. The summed E-state index contributed by atoms with van der Waals surface area (Å²) < 4.78 is 28.4. The van der Waals surface area contributed by atoms with Gasteiger partial charge in [0.15, 0.2) is 15.8 Å². The molecule has 1 aliphatic heterocycles. The van der Waals surface area contributed by atoms with E-state index in [1.165, 1.54) is 11.1 Å². The molecule has 2 rings (SSSR count). The van der Waals surface area contributed by atoms with Gasteiger partial charge in [-0.25, -0.2) is 8.42 Å². The van der Waals surface area contributed by atoms with E-state index in [-0.39, 0.29) is 11.5 Å². The smallest absolute Gasteiger partial charge is 0.191 e. The van der Waals surface area contributed by atoms with Gasteiger partial charge in [-0.15, -0.1) is 0 Å². The number of aliphatic imine (C=N–C) groups is 1. The molecule has 0 bridgehead atoms. The minimum absolute atomic E-state index is 0.120. The maximum atomic E-state index is 11.5. The summed E-state index contributed by atoms with van der Waals surface area (Å²) in [7, 11) is -1.27. The zero-order valence-corrected chi connectivity index (χ0v) is 14.6. The number of fused-ring (bicyclic) bond motifs is 1. The summed E-state index contributed by atoms with van der Waals surface area (Å²) in [6, 6.07) is 6.30. The van der Waals surface area contributed by atoms with Crippen LogP contribution in [0.15, 0.2) is 23.2 Å². The van der Waals surface area contributed by atoms with Gasteiger partial charge in [0, 0.05) is 32.3 Å². The Labute approximate surface area is 138 Å². The van der Waals surface area contributed by atoms with E-state index in [9.17, 15) is 8.42 Å². The lowest BCUT2D eigenvalue weighted by Gasteiger charge is -2.12. The average Bonchev–Trinajstić information content (AvgIpc) is 3.01. The molecule has 128 valence electrons. The SMILES string of the molecule is CCS(=O)(=O)CCNC(=NC)NCCc1ccc2c(c1)CCO2. The predicted molar refractivity (Wildman–Crippen MR) is 93.0 cm³/mol. The van der Waals surface area contributed by atoms with Gasteiger partial charge in [-0.2, -0.15) is 0 Å². The molecule has 1 aromatic rings. The van der Waals surface area contributed by atoms with Gasteiger partial charge in [-0.05, 0) is 23.6 Å². The van der Waals surface area contributed by atoms with Gasteiger partial charge in [-0.1, -0.05) is 19.1 Å². The number of benzene rings is 1. The summed E-state index contributed by atoms with van der Waals surface area (Å²) in [6.07, 6.45) is 1.85. The molecule has 1 heterocycles. The fraction of sp³-hybridized carbons (Fsp3) is 0.562. The van der Waals surface area contributed by atoms with Crippen LogP contribution in [0, 0.1) is 0 Å². The highest BCUT2D eigenvalue weighted by atomic mass is 32.2. The molecule has 6 nitrogen and oxygen atoms in total. The first kappa shape index (κ1) is 17.6. The summed E-state index contributed by atoms with van der Waals surface area (Å²) in [5.41, 5.74) is 2.53. The van der Waals surface area contributed by atoms with E-state index in [4.69, 9.17) is 4.74 Å². The molecule has 0 atom stereocenters. The number of hydrogen-bond donors (Lipinski definition) is 2. The third kappa shape index (κ3) is 5.42. The summed E-state index contributed by atoms with van der Waals surface area (Å²) in [6.45, 7) is 3.53. The largest absolute Gasteiger partial charge is 0.493 e. The molecule has 23 heavy (non-hydrogen) atoms. The van der Waals surface area contributed by atoms with Crippen molar-refractivity contribution in [2.75, 3.05) is 38.2 Å². The van der Waals surface area contributed by atoms with Crippen molar-refractivity contribution >= 4 is 15.8 Å². The fourth-order valence-electron chi connectivity index (χ4n) is 2.41. The molecule has 0 aromatic heterocycles. The van der Waals surface area contributed by atoms with Crippen LogP contribution in [0.3, 0.4) is 0 Å². The standard InChI is InChI=1S/C16H25N3O3S/c1-3-23(20,21)11-9-19-16(17-2)18-8-6-13-4-5-15-14(12-13)7-10-22-15/h4-5,12H,3,6-11H2,1-2H3,(H2,17,18,19). The van der Waals surface area contributed by atoms with E-state index < -0.39 is 9.84 Å². The fourth-order valence-corrected chi connectivity index (χ4v) is 3.11. The molecule has 1 aliphatic rings. The van der Waals surface area contributed by atoms with Crippen molar-refractivity contribution in [2.45, 2.75) is 19.8 Å². The van der Waals surface area contributed by atoms with Gasteiger partial charge in [-0.3, -0.25) is 4.99 Å². The predicted octanol–water partition coefficient (Wildman–Crippen LogP) is 0.764. The Morgan fingerprint density at radius 1 is 1.30 bits per heavy atom. The second-order valence-corrected chi connectivity index (χ2v) is 7.93. The van der Waals surface area contributed by atoms with Crippen LogP contribution in [0.1, 0.15) is 18.1 Å². The van der Waals surface area contributed by atoms with E-state index in [2.05, 4.69) is 27.8 Å². The lowest BCUT2D eigenvalue weighted by molar-refractivity contribution is 0.357. The van der Waals surface area contributed by atoms with Crippen LogP contribution >= 0.6 is 0 Å². The topological polar surface area (TPSA) is 79.8 Å². The quantitative estimate of drug-likeness (QED) is 0.566. The minimum Gasteiger partial charge on any atom is -0.493 e. The Morgan fingerprint density at radius 3 is 2.83 bits per heavy atom. The molecule has 0 spiro atoms. The molecule has 2 N–H and O–H groups in total. The Kier molecular flexibility index (Phi) is 6.27. The molecule has 0 aliphatic carbocycles. The van der Waals surface area contributed by atoms with Crippen molar-refractivity contribution in [2.24, 2.45) is 4.99 Å². The minimum atomic E-state index is -2.95. The second kappa shape index (κ2) is 8.19. The van der Waals surface area contributed by atoms with Crippen LogP contribution in [0.5, 0.6) is 5.75 Å². The first-order valence-corrected chi connectivity index (χ1v) is 9.76. The Balaban J connectivity index is 1.73. The van der Waals surface area contributed by atoms with Gasteiger partial charge in [0.2, 0.25) is 0 Å². The third-order valence-corrected chi connectivity index (χ3v) is 5.53. The summed E-state index contributed by atoms with van der Waals surface area (Å²) >= 11 is 0. The van der Waals surface area contributed by atoms with E-state index in [1.807, 2.05) is 6.07 Å². The Hall–Kier alpha value is -1.76. The van der Waals surface area contributed by atoms with Crippen molar-refractivity contribution < 1.29 is 13.2 Å². The average molecular weight is 339 g/mol. The van der Waals surface area contributed by atoms with Crippen molar-refractivity contribution in [1.82, 2.24) is 10.6 Å². The summed E-state index contributed by atoms with van der Waals surface area (Å²) in [5, 5.41) is 6.23. The van der Waals surface area contributed by atoms with Gasteiger partial charge < -0.3 is 15.4 Å². The van der Waals surface area contributed by atoms with Crippen molar-refractivity contribution in [3.8, 4) is 5.75 Å². The molecule has 7 heteroatoms. The van der Waals surface area contributed by atoms with Crippen molar-refractivity contribution in [3.05, 3.63) is 29.3 Å². The molecule has 0 amide bonds. The third-order valence-electron chi connectivity index (χ3n) is 3.83. The van der Waals surface area contributed by atoms with Crippen molar-refractivity contribution in [1.29, 1.82) is 0 Å². The molecule has 0 saturated carbocycles. The highest BCUT2D eigenvalue weighted by Crippen LogP contribution is 2.25. The van der Waals surface area contributed by atoms with Crippen LogP contribution in [-0.4, -0.2) is 52.6 Å². The first-order chi connectivity index (χ1) is 11.0. The number of nitrogens with zero attached hydrogens (tertiary/aromatic N) is 1. The number of nitrogens with one attached hydrogen (secondary N) is 2. The van der Waals surface area contributed by atoms with E-state index in [0.29, 0.717) is 12.5 Å². The number of ether oxygens (including phenoxy) is 1. The van der Waals surface area contributed by atoms with Gasteiger partial charge in [0.1, 0.15) is 5.75 Å². The van der Waals surface area contributed by atoms with Gasteiger partial charge in [0.25, 0.3) is 0 Å². The summed E-state index contributed by atoms with van der Waals surface area (Å²) in [5.74, 6) is 1.91. The summed E-state index contributed by atoms with van der Waals surface area (Å²) in [4.78, 5) is 4.10. The Bertz CT molecular complexity index is 657. The van der Waals surface area contributed by atoms with Crippen LogP contribution < -0.4 is 15.4 Å². The molecule has 0 unspecified atom stereocenters. The second-order valence-electron chi connectivity index (χ2n) is 5.45. The monoisotopic (exact) mass is 339 g/mol. The maximum absolute atomic E-state index is 11.5. The Morgan fingerprint density at radius 2 is 2.09 bits per heavy atom. The van der Waals surface area contributed by atoms with Crippen molar-refractivity contribution in [3.63, 3.8) is 0 Å². The van der Waals surface area contributed by atoms with E-state index >= 15 is 0 Å². The van der Waals surface area contributed by atoms with E-state index in [1.54, 1.807) is 14.0 Å². The maximum Gasteiger partial charge on any atom is 0.191 e. The molecular weight excluding hydrogens is 314 g/mol. The highest BCUT2D eigenvalue weighted by Gasteiger charge is 2.12. The van der Waals surface area contributed by atoms with Crippen LogP contribution in [-0.2, 0) is 22.7 Å². The lowest BCUT2D eigenvalue weighted by Crippen LogP contribution is -2.40. The molecule has 0 saturated heterocycles. The van der Waals surface area contributed by atoms with Gasteiger partial charge >= 0.3 is 0 Å². The lowest BCUT2D eigenvalue weighted by atomic mass is 10.1. The van der Waals surface area contributed by atoms with Crippen LogP contribution in [0.25, 0.3) is 0 Å². The molecular formula is C16H25N3O3S. The molecule has 0 radical (unpaired) electrons. The van der Waals surface area contributed by atoms with Crippen LogP contribution in [0.4, 0.5) is 0 Å². The molecule has 0 fully saturated rings. The number of guanidine groups is 1. The van der Waals surface area contributed by atoms with E-state index in [0.717, 1.165) is 31.7 Å². The number of rotatable bonds is 7. The first-order valence-electron chi connectivity index (χ1n) is 7.93. The zero-order valence-electron chi connectivity index (χ0n) is 13.8. The number of sulfone groups is 1. The van der Waals surface area contributed by atoms with Crippen LogP contribution in [0.2, 0.25) is 0 Å². The molecule has 1 aromatic carbocycles. The highest BCUT2D eigenvalue weighted by molar-refractivity contribution is 7.91.